The molecule has 1 unspecified atom stereocenters. The number of carbonyl (C=O) groups is 1. The molecule has 1 spiro atoms. The van der Waals surface area contributed by atoms with Crippen molar-refractivity contribution in [1.82, 2.24) is 16.0 Å². The Labute approximate surface area is 357 Å². The molecule has 4 saturated carbocycles. The molecule has 336 valence electrons. The van der Waals surface area contributed by atoms with Gasteiger partial charge in [-0.15, -0.1) is 0 Å². The fourth-order valence-corrected chi connectivity index (χ4v) is 15.3. The molecular weight excluding hydrogens is 761 g/mol. The van der Waals surface area contributed by atoms with Gasteiger partial charge in [0.05, 0.1) is 53.6 Å². The summed E-state index contributed by atoms with van der Waals surface area (Å²) in [6.45, 7) is 10.4. The number of carbonyl (C=O) groups excluding carboxylic acids is 1. The number of Topliss-reactive ketones (excluding diaryl/α,β-unsaturated/α-hetero) is 1. The van der Waals surface area contributed by atoms with E-state index >= 15 is 4.79 Å². The summed E-state index contributed by atoms with van der Waals surface area (Å²) in [7, 11) is 1.91. The zero-order valence-electron chi connectivity index (χ0n) is 36.9. The van der Waals surface area contributed by atoms with Crippen LogP contribution < -0.4 is 21.7 Å². The van der Waals surface area contributed by atoms with E-state index in [2.05, 4.69) is 41.9 Å². The lowest BCUT2D eigenvalue weighted by molar-refractivity contribution is -0.214. The van der Waals surface area contributed by atoms with Crippen LogP contribution in [-0.2, 0) is 9.53 Å². The monoisotopic (exact) mass is 837 g/mol. The van der Waals surface area contributed by atoms with Crippen molar-refractivity contribution in [3.05, 3.63) is 47.3 Å². The topological polar surface area (TPSA) is 210 Å². The van der Waals surface area contributed by atoms with Gasteiger partial charge >= 0.3 is 0 Å². The summed E-state index contributed by atoms with van der Waals surface area (Å²) in [5.74, 6) is -1.07. The Morgan fingerprint density at radius 3 is 2.53 bits per heavy atom. The molecule has 2 aliphatic heterocycles. The van der Waals surface area contributed by atoms with E-state index in [9.17, 15) is 30.6 Å². The van der Waals surface area contributed by atoms with Crippen molar-refractivity contribution in [2.45, 2.75) is 166 Å². The first kappa shape index (κ1) is 44.5. The van der Waals surface area contributed by atoms with Crippen molar-refractivity contribution in [2.75, 3.05) is 20.1 Å². The van der Waals surface area contributed by atoms with Crippen LogP contribution in [0.4, 0.5) is 0 Å². The number of aliphatic hydroxyl groups is 6. The number of nitrogens with two attached hydrogens (primary N) is 1. The van der Waals surface area contributed by atoms with E-state index in [4.69, 9.17) is 10.5 Å². The zero-order chi connectivity index (χ0) is 43.2. The van der Waals surface area contributed by atoms with Crippen molar-refractivity contribution in [2.24, 2.45) is 63.4 Å². The maximum absolute atomic E-state index is 15.4. The molecule has 12 heteroatoms. The summed E-state index contributed by atoms with van der Waals surface area (Å²) >= 11 is 0. The third-order valence-corrected chi connectivity index (χ3v) is 17.9. The summed E-state index contributed by atoms with van der Waals surface area (Å²) in [6.07, 6.45) is 13.9. The van der Waals surface area contributed by atoms with Crippen LogP contribution in [0.3, 0.4) is 0 Å². The van der Waals surface area contributed by atoms with Gasteiger partial charge in [-0.05, 0) is 125 Å². The first-order valence-electron chi connectivity index (χ1n) is 23.5. The number of ether oxygens (including phenoxy) is 1. The van der Waals surface area contributed by atoms with E-state index in [0.29, 0.717) is 43.2 Å². The van der Waals surface area contributed by atoms with Gasteiger partial charge in [0.15, 0.2) is 5.78 Å². The van der Waals surface area contributed by atoms with Crippen molar-refractivity contribution >= 4 is 5.78 Å². The Bertz CT molecular complexity index is 1760. The Morgan fingerprint density at radius 2 is 1.85 bits per heavy atom. The lowest BCUT2D eigenvalue weighted by atomic mass is 9.37. The standard InChI is InChI=1S/C48H76N4O8/c1-7-8-28-9-12-31-27(3)41(60-35(31)13-10-28)43(57)45(5,58)36-16-18-48(59)38-39(52-22-26(2)53)40(56)32-19-33(54)34(55)21-47(32)20-29(30-11-14-37(49)51-23-30)15-17-46(25-50-6,42(38)47)24-44(36,48)4/h11,14-15,17,23,26-29,31-37,41-43,50-55,57-59H,7-10,12-13,16,18-22,24-25,49H2,1-6H3/t26-,27-,28+,29+,31-,32-,33+,34-,35+,36-,37?,41+,42+,43+,44+,45+,46-,47-,48+/m0/s1. The number of dihydropyridines is 1. The van der Waals surface area contributed by atoms with Gasteiger partial charge in [-0.1, -0.05) is 58.3 Å². The van der Waals surface area contributed by atoms with E-state index < -0.39 is 75.7 Å². The van der Waals surface area contributed by atoms with Crippen molar-refractivity contribution < 1.29 is 40.2 Å². The third-order valence-electron chi connectivity index (χ3n) is 17.9. The number of fused-ring (bicyclic) bond motifs is 3. The Kier molecular flexibility index (Phi) is 12.0. The Morgan fingerprint density at radius 1 is 1.10 bits per heavy atom. The minimum atomic E-state index is -1.67. The molecule has 12 nitrogen and oxygen atoms in total. The molecule has 0 radical (unpaired) electrons. The molecule has 0 amide bonds. The summed E-state index contributed by atoms with van der Waals surface area (Å²) in [6, 6.07) is 0. The molecule has 8 rings (SSSR count). The van der Waals surface area contributed by atoms with Crippen molar-refractivity contribution in [3.63, 3.8) is 0 Å². The molecule has 0 bridgehead atoms. The molecule has 0 aromatic carbocycles. The lowest BCUT2D eigenvalue weighted by Gasteiger charge is -2.67. The molecule has 19 atom stereocenters. The Hall–Kier alpha value is -2.13. The third kappa shape index (κ3) is 6.84. The quantitative estimate of drug-likeness (QED) is 0.136. The van der Waals surface area contributed by atoms with Crippen LogP contribution >= 0.6 is 0 Å². The number of nitrogens with one attached hydrogen (secondary N) is 3. The van der Waals surface area contributed by atoms with Gasteiger partial charge in [-0.3, -0.25) is 4.79 Å². The highest BCUT2D eigenvalue weighted by Crippen LogP contribution is 2.75. The molecule has 0 aromatic heterocycles. The number of hydrogen-bond donors (Lipinski definition) is 10. The minimum Gasteiger partial charge on any atom is -0.392 e. The first-order chi connectivity index (χ1) is 28.4. The molecule has 8 aliphatic rings. The second kappa shape index (κ2) is 16.1. The number of hydrogen-bond acceptors (Lipinski definition) is 12. The van der Waals surface area contributed by atoms with Crippen LogP contribution in [0.1, 0.15) is 112 Å². The number of ketones is 1. The highest BCUT2D eigenvalue weighted by Gasteiger charge is 2.76. The SMILES string of the molecule is CCC[C@@H]1CC[C@H]2[C@H](C)[C@H]([C@@H](O)[C@](C)(O)[C@H]3CC[C@@]4(O)C5=C(NC[C@H](C)O)C(=O)[C@@H]6C[C@@H](O)[C@@H](O)C[C@@]67C[C@H](C6=CNC(N)C=C6)C=C[C@@](CNC)(C[C@]34C)[C@@H]57)O[C@@H]2CC1. The fraction of sp³-hybridized carbons (Fsp3) is 0.812. The molecule has 6 aliphatic carbocycles. The zero-order valence-corrected chi connectivity index (χ0v) is 36.9. The van der Waals surface area contributed by atoms with Crippen molar-refractivity contribution in [3.8, 4) is 0 Å². The predicted octanol–water partition coefficient (Wildman–Crippen LogP) is 3.31. The van der Waals surface area contributed by atoms with Crippen LogP contribution in [-0.4, -0.2) is 111 Å². The smallest absolute Gasteiger partial charge is 0.182 e. The normalized spacial score (nSPS) is 48.0. The molecule has 11 N–H and O–H groups in total. The van der Waals surface area contributed by atoms with Crippen molar-refractivity contribution in [1.29, 1.82) is 0 Å². The largest absolute Gasteiger partial charge is 0.392 e. The average molecular weight is 837 g/mol. The van der Waals surface area contributed by atoms with Gasteiger partial charge in [-0.25, -0.2) is 0 Å². The number of aliphatic hydroxyl groups excluding tert-OH is 4. The molecule has 60 heavy (non-hydrogen) atoms. The van der Waals surface area contributed by atoms with E-state index in [-0.39, 0.29) is 61.4 Å². The molecule has 5 fully saturated rings. The second-order valence-corrected chi connectivity index (χ2v) is 21.5. The van der Waals surface area contributed by atoms with Gasteiger partial charge in [0.2, 0.25) is 0 Å². The molecular formula is C48H76N4O8. The van der Waals surface area contributed by atoms with Gasteiger partial charge in [-0.2, -0.15) is 0 Å². The fourth-order valence-electron chi connectivity index (χ4n) is 15.3. The average Bonchev–Trinajstić information content (AvgIpc) is 3.50. The predicted molar refractivity (Wildman–Crippen MR) is 230 cm³/mol. The molecule has 0 aromatic rings. The van der Waals surface area contributed by atoms with Crippen LogP contribution in [0, 0.1) is 57.7 Å². The molecule has 2 heterocycles. The highest BCUT2D eigenvalue weighted by molar-refractivity contribution is 6.00. The van der Waals surface area contributed by atoms with Crippen LogP contribution in [0.15, 0.2) is 47.3 Å². The van der Waals surface area contributed by atoms with Crippen LogP contribution in [0.5, 0.6) is 0 Å². The first-order valence-corrected chi connectivity index (χ1v) is 23.5. The lowest BCUT2D eigenvalue weighted by Crippen LogP contribution is -2.70. The number of allylic oxidation sites excluding steroid dienone is 4. The summed E-state index contributed by atoms with van der Waals surface area (Å²) in [5, 5.41) is 83.2. The summed E-state index contributed by atoms with van der Waals surface area (Å²) in [4.78, 5) is 15.4. The second-order valence-electron chi connectivity index (χ2n) is 21.5. The summed E-state index contributed by atoms with van der Waals surface area (Å²) < 4.78 is 6.80. The van der Waals surface area contributed by atoms with Crippen LogP contribution in [0.2, 0.25) is 0 Å². The maximum Gasteiger partial charge on any atom is 0.182 e. The van der Waals surface area contributed by atoms with Gasteiger partial charge in [0.1, 0.15) is 6.10 Å². The Balaban J connectivity index is 1.26. The maximum atomic E-state index is 15.4. The minimum absolute atomic E-state index is 0.0429. The van der Waals surface area contributed by atoms with E-state index in [1.807, 2.05) is 32.3 Å². The number of rotatable bonds is 11. The molecule has 1 saturated heterocycles. The van der Waals surface area contributed by atoms with Gasteiger partial charge < -0.3 is 57.1 Å². The van der Waals surface area contributed by atoms with Crippen LogP contribution in [0.25, 0.3) is 0 Å². The van der Waals surface area contributed by atoms with E-state index in [1.54, 1.807) is 13.8 Å². The summed E-state index contributed by atoms with van der Waals surface area (Å²) in [5.41, 5.74) is 2.09. The van der Waals surface area contributed by atoms with E-state index in [1.165, 1.54) is 12.8 Å². The van der Waals surface area contributed by atoms with E-state index in [0.717, 1.165) is 31.3 Å². The van der Waals surface area contributed by atoms with Gasteiger partial charge in [0.25, 0.3) is 0 Å². The van der Waals surface area contributed by atoms with Gasteiger partial charge in [0, 0.05) is 47.9 Å². The highest BCUT2D eigenvalue weighted by atomic mass is 16.5.